The second-order valence-electron chi connectivity index (χ2n) is 6.37. The predicted octanol–water partition coefficient (Wildman–Crippen LogP) is 2.97. The fourth-order valence-electron chi connectivity index (χ4n) is 3.02. The first kappa shape index (κ1) is 18.0. The van der Waals surface area contributed by atoms with Crippen LogP contribution in [0.1, 0.15) is 33.8 Å². The molecule has 0 spiro atoms. The predicted molar refractivity (Wildman–Crippen MR) is 104 cm³/mol. The van der Waals surface area contributed by atoms with Gasteiger partial charge < -0.3 is 0 Å². The van der Waals surface area contributed by atoms with Crippen molar-refractivity contribution in [1.29, 1.82) is 0 Å². The summed E-state index contributed by atoms with van der Waals surface area (Å²) in [5, 5.41) is 3.20. The third-order valence-corrected chi connectivity index (χ3v) is 8.71. The Labute approximate surface area is 161 Å². The van der Waals surface area contributed by atoms with Crippen LogP contribution in [-0.2, 0) is 23.0 Å². The molecule has 1 saturated carbocycles. The van der Waals surface area contributed by atoms with E-state index in [1.807, 2.05) is 24.5 Å². The highest BCUT2D eigenvalue weighted by Gasteiger charge is 2.41. The Balaban J connectivity index is 1.51. The van der Waals surface area contributed by atoms with Crippen LogP contribution in [0.3, 0.4) is 0 Å². The Morgan fingerprint density at radius 1 is 1.35 bits per heavy atom. The van der Waals surface area contributed by atoms with Gasteiger partial charge in [0.15, 0.2) is 5.13 Å². The topological polar surface area (TPSA) is 79.4 Å². The van der Waals surface area contributed by atoms with E-state index in [2.05, 4.69) is 10.3 Å². The molecule has 0 bridgehead atoms. The molecule has 1 N–H and O–H groups in total. The smallest absolute Gasteiger partial charge is 0.258 e. The molecule has 6 nitrogen and oxygen atoms in total. The number of sulfonamides is 1. The molecule has 9 heteroatoms. The Morgan fingerprint density at radius 3 is 2.85 bits per heavy atom. The minimum atomic E-state index is -3.18. The molecule has 2 heterocycles. The number of nitrogens with zero attached hydrogens (tertiary/aromatic N) is 2. The minimum absolute atomic E-state index is 0.191. The molecule has 138 valence electrons. The molecule has 1 fully saturated rings. The summed E-state index contributed by atoms with van der Waals surface area (Å²) in [5.41, 5.74) is 1.51. The number of nitrogens with one attached hydrogen (secondary N) is 1. The zero-order chi connectivity index (χ0) is 18.3. The molecule has 0 saturated heterocycles. The van der Waals surface area contributed by atoms with E-state index < -0.39 is 10.0 Å². The first-order chi connectivity index (χ1) is 12.5. The summed E-state index contributed by atoms with van der Waals surface area (Å²) >= 11 is 2.89. The van der Waals surface area contributed by atoms with Crippen molar-refractivity contribution in [1.82, 2.24) is 9.29 Å². The minimum Gasteiger partial charge on any atom is -0.298 e. The van der Waals surface area contributed by atoms with Gasteiger partial charge in [-0.05, 0) is 31.2 Å². The molecule has 1 aromatic carbocycles. The third-order valence-electron chi connectivity index (χ3n) is 4.57. The van der Waals surface area contributed by atoms with Crippen molar-refractivity contribution in [3.63, 3.8) is 0 Å². The van der Waals surface area contributed by atoms with Crippen LogP contribution in [0, 0.1) is 0 Å². The van der Waals surface area contributed by atoms with Crippen LogP contribution in [0.4, 0.5) is 5.13 Å². The van der Waals surface area contributed by atoms with E-state index in [0.29, 0.717) is 30.2 Å². The van der Waals surface area contributed by atoms with Crippen molar-refractivity contribution in [2.45, 2.75) is 36.0 Å². The molecule has 26 heavy (non-hydrogen) atoms. The first-order valence-corrected chi connectivity index (χ1v) is 12.0. The van der Waals surface area contributed by atoms with Gasteiger partial charge in [0.25, 0.3) is 5.91 Å². The van der Waals surface area contributed by atoms with Crippen LogP contribution >= 0.6 is 23.1 Å². The number of thiazole rings is 1. The number of carbonyl (C=O) groups is 1. The Hall–Kier alpha value is -1.42. The van der Waals surface area contributed by atoms with Gasteiger partial charge in [0.05, 0.1) is 16.5 Å². The SMILES string of the molecule is CSc1ccccc1C(=O)Nc1nc2c(s1)CN(S(=O)(=O)C1CC1)CC2. The zero-order valence-corrected chi connectivity index (χ0v) is 16.7. The molecular formula is C17H19N3O3S3. The summed E-state index contributed by atoms with van der Waals surface area (Å²) in [6.07, 6.45) is 4.06. The highest BCUT2D eigenvalue weighted by molar-refractivity contribution is 7.98. The molecule has 1 aliphatic carbocycles. The van der Waals surface area contributed by atoms with Gasteiger partial charge in [-0.1, -0.05) is 12.1 Å². The Bertz CT molecular complexity index is 951. The van der Waals surface area contributed by atoms with Gasteiger partial charge in [0.1, 0.15) is 0 Å². The number of fused-ring (bicyclic) bond motifs is 1. The maximum Gasteiger partial charge on any atom is 0.258 e. The van der Waals surface area contributed by atoms with Crippen molar-refractivity contribution in [2.75, 3.05) is 18.1 Å². The molecule has 0 atom stereocenters. The van der Waals surface area contributed by atoms with Crippen LogP contribution in [0.5, 0.6) is 0 Å². The first-order valence-electron chi connectivity index (χ1n) is 8.41. The fourth-order valence-corrected chi connectivity index (χ4v) is 6.52. The molecule has 1 aromatic heterocycles. The van der Waals surface area contributed by atoms with Crippen molar-refractivity contribution in [2.24, 2.45) is 0 Å². The van der Waals surface area contributed by atoms with Crippen molar-refractivity contribution in [3.05, 3.63) is 40.4 Å². The lowest BCUT2D eigenvalue weighted by Crippen LogP contribution is -2.37. The second-order valence-corrected chi connectivity index (χ2v) is 10.5. The third kappa shape index (κ3) is 3.40. The molecule has 1 aliphatic heterocycles. The second kappa shape index (κ2) is 6.95. The fraction of sp³-hybridized carbons (Fsp3) is 0.412. The summed E-state index contributed by atoms with van der Waals surface area (Å²) in [6, 6.07) is 7.44. The molecule has 4 rings (SSSR count). The molecule has 2 aliphatic rings. The van der Waals surface area contributed by atoms with E-state index in [1.54, 1.807) is 10.4 Å². The number of hydrogen-bond donors (Lipinski definition) is 1. The summed E-state index contributed by atoms with van der Waals surface area (Å²) in [5.74, 6) is -0.191. The van der Waals surface area contributed by atoms with E-state index in [9.17, 15) is 13.2 Å². The van der Waals surface area contributed by atoms with E-state index >= 15 is 0 Å². The van der Waals surface area contributed by atoms with Crippen molar-refractivity contribution >= 4 is 44.2 Å². The summed E-state index contributed by atoms with van der Waals surface area (Å²) in [6.45, 7) is 0.835. The Morgan fingerprint density at radius 2 is 2.12 bits per heavy atom. The number of amides is 1. The maximum absolute atomic E-state index is 12.6. The number of thioether (sulfide) groups is 1. The molecule has 0 radical (unpaired) electrons. The van der Waals surface area contributed by atoms with Gasteiger partial charge in [-0.3, -0.25) is 10.1 Å². The lowest BCUT2D eigenvalue weighted by molar-refractivity contribution is 0.102. The molecule has 1 amide bonds. The summed E-state index contributed by atoms with van der Waals surface area (Å²) in [4.78, 5) is 18.9. The lowest BCUT2D eigenvalue weighted by Gasteiger charge is -2.25. The molecule has 2 aromatic rings. The highest BCUT2D eigenvalue weighted by atomic mass is 32.2. The Kier molecular flexibility index (Phi) is 4.81. The van der Waals surface area contributed by atoms with E-state index in [-0.39, 0.29) is 11.2 Å². The summed E-state index contributed by atoms with van der Waals surface area (Å²) in [7, 11) is -3.18. The van der Waals surface area contributed by atoms with Crippen molar-refractivity contribution in [3.8, 4) is 0 Å². The maximum atomic E-state index is 12.6. The van der Waals surface area contributed by atoms with Gasteiger partial charge in [0.2, 0.25) is 10.0 Å². The number of benzene rings is 1. The van der Waals surface area contributed by atoms with E-state index in [4.69, 9.17) is 0 Å². The van der Waals surface area contributed by atoms with Crippen LogP contribution in [0.15, 0.2) is 29.2 Å². The highest BCUT2D eigenvalue weighted by Crippen LogP contribution is 2.35. The van der Waals surface area contributed by atoms with Crippen LogP contribution in [0.2, 0.25) is 0 Å². The molecular weight excluding hydrogens is 390 g/mol. The number of carbonyl (C=O) groups excluding carboxylic acids is 1. The van der Waals surface area contributed by atoms with Gasteiger partial charge in [0, 0.05) is 29.3 Å². The van der Waals surface area contributed by atoms with Crippen LogP contribution < -0.4 is 5.32 Å². The molecule has 0 unspecified atom stereocenters. The standard InChI is InChI=1S/C17H19N3O3S3/c1-24-14-5-3-2-4-12(14)16(21)19-17-18-13-8-9-20(10-15(13)25-17)26(22,23)11-6-7-11/h2-5,11H,6-10H2,1H3,(H,18,19,21). The lowest BCUT2D eigenvalue weighted by atomic mass is 10.2. The monoisotopic (exact) mass is 409 g/mol. The van der Waals surface area contributed by atoms with Gasteiger partial charge >= 0.3 is 0 Å². The van der Waals surface area contributed by atoms with E-state index in [1.165, 1.54) is 23.1 Å². The van der Waals surface area contributed by atoms with Crippen molar-refractivity contribution < 1.29 is 13.2 Å². The van der Waals surface area contributed by atoms with Crippen LogP contribution in [-0.4, -0.2) is 41.7 Å². The number of rotatable bonds is 5. The summed E-state index contributed by atoms with van der Waals surface area (Å²) < 4.78 is 26.4. The number of hydrogen-bond acceptors (Lipinski definition) is 6. The number of aromatic nitrogens is 1. The normalized spacial score (nSPS) is 17.7. The average Bonchev–Trinajstić information content (AvgIpc) is 3.42. The van der Waals surface area contributed by atoms with Gasteiger partial charge in [-0.25, -0.2) is 13.4 Å². The number of anilines is 1. The quantitative estimate of drug-likeness (QED) is 0.768. The van der Waals surface area contributed by atoms with E-state index in [0.717, 1.165) is 28.3 Å². The van der Waals surface area contributed by atoms with Gasteiger partial charge in [-0.15, -0.1) is 23.1 Å². The van der Waals surface area contributed by atoms with Gasteiger partial charge in [-0.2, -0.15) is 4.31 Å². The average molecular weight is 410 g/mol. The van der Waals surface area contributed by atoms with Crippen LogP contribution in [0.25, 0.3) is 0 Å². The largest absolute Gasteiger partial charge is 0.298 e. The zero-order valence-electron chi connectivity index (χ0n) is 14.3.